The second kappa shape index (κ2) is 5.66. The number of anilines is 1. The lowest BCUT2D eigenvalue weighted by Crippen LogP contribution is -2.37. The third-order valence-electron chi connectivity index (χ3n) is 4.66. The third kappa shape index (κ3) is 3.55. The van der Waals surface area contributed by atoms with Crippen molar-refractivity contribution < 1.29 is 4.79 Å². The number of pyridine rings is 1. The molecule has 0 radical (unpaired) electrons. The Morgan fingerprint density at radius 1 is 1.29 bits per heavy atom. The van der Waals surface area contributed by atoms with E-state index in [-0.39, 0.29) is 17.4 Å². The van der Waals surface area contributed by atoms with Gasteiger partial charge in [-0.05, 0) is 36.8 Å². The Morgan fingerprint density at radius 2 is 1.95 bits per heavy atom. The SMILES string of the molecule is CC1CCC(NC(=O)c2cc(N)nc(C(C)(C)C)c2)C1C. The minimum Gasteiger partial charge on any atom is -0.384 e. The van der Waals surface area contributed by atoms with E-state index in [9.17, 15) is 4.79 Å². The number of nitrogens with one attached hydrogen (secondary N) is 1. The van der Waals surface area contributed by atoms with Crippen LogP contribution in [-0.2, 0) is 5.41 Å². The summed E-state index contributed by atoms with van der Waals surface area (Å²) in [6.45, 7) is 10.7. The number of hydrogen-bond acceptors (Lipinski definition) is 3. The number of rotatable bonds is 2. The molecule has 0 aromatic carbocycles. The molecular weight excluding hydrogens is 262 g/mol. The Hall–Kier alpha value is -1.58. The van der Waals surface area contributed by atoms with Crippen molar-refractivity contribution in [2.24, 2.45) is 11.8 Å². The van der Waals surface area contributed by atoms with Crippen LogP contribution in [0.5, 0.6) is 0 Å². The molecule has 2 rings (SSSR count). The second-order valence-corrected chi connectivity index (χ2v) is 7.41. The average molecular weight is 289 g/mol. The third-order valence-corrected chi connectivity index (χ3v) is 4.66. The van der Waals surface area contributed by atoms with E-state index in [1.54, 1.807) is 6.07 Å². The van der Waals surface area contributed by atoms with Crippen LogP contribution in [0.1, 0.15) is 63.5 Å². The topological polar surface area (TPSA) is 68.0 Å². The summed E-state index contributed by atoms with van der Waals surface area (Å²) in [6.07, 6.45) is 2.23. The van der Waals surface area contributed by atoms with E-state index in [1.807, 2.05) is 6.07 Å². The quantitative estimate of drug-likeness (QED) is 0.879. The molecular formula is C17H27N3O. The van der Waals surface area contributed by atoms with Gasteiger partial charge in [0.1, 0.15) is 5.82 Å². The van der Waals surface area contributed by atoms with Crippen molar-refractivity contribution >= 4 is 11.7 Å². The van der Waals surface area contributed by atoms with Gasteiger partial charge in [-0.3, -0.25) is 4.79 Å². The molecule has 21 heavy (non-hydrogen) atoms. The van der Waals surface area contributed by atoms with Crippen LogP contribution in [0.25, 0.3) is 0 Å². The van der Waals surface area contributed by atoms with Gasteiger partial charge in [0.15, 0.2) is 0 Å². The molecule has 0 saturated heterocycles. The molecule has 1 aliphatic carbocycles. The van der Waals surface area contributed by atoms with Crippen LogP contribution in [0, 0.1) is 11.8 Å². The Morgan fingerprint density at radius 3 is 2.48 bits per heavy atom. The Labute approximate surface area is 127 Å². The highest BCUT2D eigenvalue weighted by molar-refractivity contribution is 5.95. The molecule has 1 saturated carbocycles. The second-order valence-electron chi connectivity index (χ2n) is 7.41. The zero-order valence-electron chi connectivity index (χ0n) is 13.7. The highest BCUT2D eigenvalue weighted by atomic mass is 16.1. The number of carbonyl (C=O) groups excluding carboxylic acids is 1. The highest BCUT2D eigenvalue weighted by Gasteiger charge is 2.31. The molecule has 1 heterocycles. The van der Waals surface area contributed by atoms with Crippen LogP contribution < -0.4 is 11.1 Å². The molecule has 116 valence electrons. The number of hydrogen-bond donors (Lipinski definition) is 2. The molecule has 1 aliphatic rings. The maximum absolute atomic E-state index is 12.5. The normalized spacial score (nSPS) is 25.9. The fourth-order valence-electron chi connectivity index (χ4n) is 2.89. The van der Waals surface area contributed by atoms with Crippen LogP contribution in [0.2, 0.25) is 0 Å². The molecule has 4 nitrogen and oxygen atoms in total. The largest absolute Gasteiger partial charge is 0.384 e. The van der Waals surface area contributed by atoms with Gasteiger partial charge >= 0.3 is 0 Å². The molecule has 1 amide bonds. The van der Waals surface area contributed by atoms with Gasteiger partial charge in [-0.2, -0.15) is 0 Å². The first-order chi connectivity index (χ1) is 9.68. The first kappa shape index (κ1) is 15.8. The number of nitrogens with zero attached hydrogens (tertiary/aromatic N) is 1. The highest BCUT2D eigenvalue weighted by Crippen LogP contribution is 2.31. The minimum atomic E-state index is -0.125. The molecule has 3 atom stereocenters. The summed E-state index contributed by atoms with van der Waals surface area (Å²) in [6, 6.07) is 3.78. The van der Waals surface area contributed by atoms with Crippen molar-refractivity contribution in [1.29, 1.82) is 0 Å². The fraction of sp³-hybridized carbons (Fsp3) is 0.647. The summed E-state index contributed by atoms with van der Waals surface area (Å²) in [4.78, 5) is 16.8. The first-order valence-electron chi connectivity index (χ1n) is 7.77. The zero-order valence-corrected chi connectivity index (χ0v) is 13.7. The molecule has 1 fully saturated rings. The van der Waals surface area contributed by atoms with Gasteiger partial charge in [-0.15, -0.1) is 0 Å². The molecule has 4 heteroatoms. The van der Waals surface area contributed by atoms with Crippen molar-refractivity contribution in [3.63, 3.8) is 0 Å². The van der Waals surface area contributed by atoms with E-state index in [0.717, 1.165) is 12.1 Å². The van der Waals surface area contributed by atoms with Crippen LogP contribution in [0.3, 0.4) is 0 Å². The van der Waals surface area contributed by atoms with E-state index >= 15 is 0 Å². The summed E-state index contributed by atoms with van der Waals surface area (Å²) in [5, 5.41) is 3.16. The Kier molecular flexibility index (Phi) is 4.26. The maximum atomic E-state index is 12.5. The lowest BCUT2D eigenvalue weighted by molar-refractivity contribution is 0.0927. The summed E-state index contributed by atoms with van der Waals surface area (Å²) in [7, 11) is 0. The standard InChI is InChI=1S/C17H27N3O/c1-10-6-7-13(11(10)2)19-16(21)12-8-14(17(3,4)5)20-15(18)9-12/h8-11,13H,6-7H2,1-5H3,(H2,18,20)(H,19,21). The van der Waals surface area contributed by atoms with Crippen LogP contribution in [-0.4, -0.2) is 16.9 Å². The smallest absolute Gasteiger partial charge is 0.251 e. The lowest BCUT2D eigenvalue weighted by atomic mass is 9.90. The number of nitrogens with two attached hydrogens (primary N) is 1. The van der Waals surface area contributed by atoms with Crippen LogP contribution in [0.15, 0.2) is 12.1 Å². The fourth-order valence-corrected chi connectivity index (χ4v) is 2.89. The van der Waals surface area contributed by atoms with Crippen LogP contribution >= 0.6 is 0 Å². The van der Waals surface area contributed by atoms with Gasteiger partial charge in [0.05, 0.1) is 0 Å². The maximum Gasteiger partial charge on any atom is 0.251 e. The summed E-state index contributed by atoms with van der Waals surface area (Å²) >= 11 is 0. The molecule has 3 N–H and O–H groups in total. The van der Waals surface area contributed by atoms with Gasteiger partial charge in [0.25, 0.3) is 5.91 Å². The number of aromatic nitrogens is 1. The van der Waals surface area contributed by atoms with Crippen molar-refractivity contribution in [3.05, 3.63) is 23.4 Å². The molecule has 1 aromatic heterocycles. The van der Waals surface area contributed by atoms with E-state index in [2.05, 4.69) is 44.9 Å². The van der Waals surface area contributed by atoms with E-state index in [1.165, 1.54) is 6.42 Å². The minimum absolute atomic E-state index is 0.0412. The van der Waals surface area contributed by atoms with E-state index in [4.69, 9.17) is 5.73 Å². The number of carbonyl (C=O) groups is 1. The average Bonchev–Trinajstić information content (AvgIpc) is 2.69. The van der Waals surface area contributed by atoms with Crippen molar-refractivity contribution in [2.45, 2.75) is 58.9 Å². The van der Waals surface area contributed by atoms with Gasteiger partial charge in [-0.1, -0.05) is 34.6 Å². The first-order valence-corrected chi connectivity index (χ1v) is 7.77. The Balaban J connectivity index is 2.18. The molecule has 0 spiro atoms. The zero-order chi connectivity index (χ0) is 15.8. The monoisotopic (exact) mass is 289 g/mol. The van der Waals surface area contributed by atoms with Gasteiger partial charge in [0, 0.05) is 22.7 Å². The summed E-state index contributed by atoms with van der Waals surface area (Å²) < 4.78 is 0. The lowest BCUT2D eigenvalue weighted by Gasteiger charge is -2.21. The van der Waals surface area contributed by atoms with Crippen molar-refractivity contribution in [2.75, 3.05) is 5.73 Å². The molecule has 1 aromatic rings. The van der Waals surface area contributed by atoms with Crippen LogP contribution in [0.4, 0.5) is 5.82 Å². The van der Waals surface area contributed by atoms with E-state index < -0.39 is 0 Å². The predicted molar refractivity (Wildman–Crippen MR) is 86.2 cm³/mol. The van der Waals surface area contributed by atoms with Gasteiger partial charge < -0.3 is 11.1 Å². The van der Waals surface area contributed by atoms with Crippen molar-refractivity contribution in [1.82, 2.24) is 10.3 Å². The van der Waals surface area contributed by atoms with Gasteiger partial charge in [-0.25, -0.2) is 4.98 Å². The summed E-state index contributed by atoms with van der Waals surface area (Å²) in [5.74, 6) is 1.55. The summed E-state index contributed by atoms with van der Waals surface area (Å²) in [5.41, 5.74) is 7.19. The van der Waals surface area contributed by atoms with E-state index in [0.29, 0.717) is 23.2 Å². The van der Waals surface area contributed by atoms with Crippen molar-refractivity contribution in [3.8, 4) is 0 Å². The predicted octanol–water partition coefficient (Wildman–Crippen LogP) is 3.13. The Bertz CT molecular complexity index is 533. The molecule has 0 aliphatic heterocycles. The molecule has 0 bridgehead atoms. The number of amides is 1. The molecule has 3 unspecified atom stereocenters. The van der Waals surface area contributed by atoms with Gasteiger partial charge in [0.2, 0.25) is 0 Å². The number of nitrogen functional groups attached to an aromatic ring is 1.